The first-order valence-electron chi connectivity index (χ1n) is 12.0. The van der Waals surface area contributed by atoms with Gasteiger partial charge in [0, 0.05) is 35.1 Å². The van der Waals surface area contributed by atoms with Crippen molar-refractivity contribution in [3.63, 3.8) is 0 Å². The summed E-state index contributed by atoms with van der Waals surface area (Å²) in [4.78, 5) is 0. The monoisotopic (exact) mass is 465 g/mol. The lowest BCUT2D eigenvalue weighted by atomic mass is 9.78. The molecule has 4 aromatic rings. The number of benzene rings is 2. The summed E-state index contributed by atoms with van der Waals surface area (Å²) >= 11 is 0. The molecular formula is C26H27N9. The second kappa shape index (κ2) is 8.56. The molecule has 0 saturated heterocycles. The Kier molecular flexibility index (Phi) is 5.23. The van der Waals surface area contributed by atoms with Crippen molar-refractivity contribution < 1.29 is 0 Å². The molecule has 5 N–H and O–H groups in total. The van der Waals surface area contributed by atoms with Crippen molar-refractivity contribution in [3.8, 4) is 11.8 Å². The summed E-state index contributed by atoms with van der Waals surface area (Å²) in [6.45, 7) is 0. The molecule has 2 aromatic heterocycles. The van der Waals surface area contributed by atoms with Gasteiger partial charge in [0.15, 0.2) is 5.82 Å². The predicted molar refractivity (Wildman–Crippen MR) is 134 cm³/mol. The fraction of sp³-hybridized carbons (Fsp3) is 0.308. The Morgan fingerprint density at radius 1 is 1.09 bits per heavy atom. The highest BCUT2D eigenvalue weighted by Crippen LogP contribution is 2.45. The molecule has 1 unspecified atom stereocenters. The number of allylic oxidation sites excluding steroid dienone is 2. The van der Waals surface area contributed by atoms with Crippen LogP contribution in [0, 0.1) is 17.2 Å². The number of nitrogens with one attached hydrogen (secondary N) is 3. The van der Waals surface area contributed by atoms with Crippen LogP contribution in [0.2, 0.25) is 0 Å². The first kappa shape index (κ1) is 21.4. The quantitative estimate of drug-likeness (QED) is 0.362. The Hall–Kier alpha value is -4.16. The van der Waals surface area contributed by atoms with Crippen molar-refractivity contribution in [1.82, 2.24) is 30.5 Å². The molecular weight excluding hydrogens is 438 g/mol. The third kappa shape index (κ3) is 3.45. The van der Waals surface area contributed by atoms with E-state index in [0.717, 1.165) is 65.1 Å². The van der Waals surface area contributed by atoms with Gasteiger partial charge in [-0.2, -0.15) is 10.4 Å². The molecule has 0 bridgehead atoms. The minimum absolute atomic E-state index is 0.270. The van der Waals surface area contributed by atoms with Crippen LogP contribution in [0.15, 0.2) is 60.1 Å². The lowest BCUT2D eigenvalue weighted by Crippen LogP contribution is -2.34. The summed E-state index contributed by atoms with van der Waals surface area (Å²) < 4.78 is 1.76. The fourth-order valence-electron chi connectivity index (χ4n) is 5.64. The maximum atomic E-state index is 10.0. The molecule has 1 saturated carbocycles. The number of aromatic nitrogens is 5. The van der Waals surface area contributed by atoms with Gasteiger partial charge in [-0.15, -0.1) is 5.10 Å². The zero-order valence-electron chi connectivity index (χ0n) is 19.5. The molecule has 0 spiro atoms. The van der Waals surface area contributed by atoms with Crippen LogP contribution in [0.25, 0.3) is 16.7 Å². The average Bonchev–Trinajstić information content (AvgIpc) is 3.55. The molecule has 1 atom stereocenters. The number of nitriles is 1. The Labute approximate surface area is 203 Å². The molecule has 9 nitrogen and oxygen atoms in total. The van der Waals surface area contributed by atoms with Gasteiger partial charge in [0.25, 0.3) is 0 Å². The summed E-state index contributed by atoms with van der Waals surface area (Å²) in [6.07, 6.45) is 6.21. The van der Waals surface area contributed by atoms with Gasteiger partial charge in [-0.25, -0.2) is 4.68 Å². The molecule has 0 amide bonds. The van der Waals surface area contributed by atoms with E-state index in [1.54, 1.807) is 4.68 Å². The van der Waals surface area contributed by atoms with Gasteiger partial charge in [0.2, 0.25) is 0 Å². The van der Waals surface area contributed by atoms with Crippen molar-refractivity contribution in [1.29, 1.82) is 5.26 Å². The predicted octanol–water partition coefficient (Wildman–Crippen LogP) is 3.52. The standard InChI is InChI=1S/C26H27N9/c1-29-17-11-9-15(10-12-17)24-23(28)22(19-14-30-33-26(19)31-24)18-6-4-5-16(13-27)25(18)35-21-8-3-2-7-20(21)32-34-35/h2-8,14-15,17,22,29H,9-12,28H2,1H3,(H2,30,31,33). The zero-order valence-corrected chi connectivity index (χ0v) is 19.5. The number of para-hydroxylation sites is 2. The van der Waals surface area contributed by atoms with E-state index in [9.17, 15) is 5.26 Å². The number of H-pyrrole nitrogens is 1. The summed E-state index contributed by atoms with van der Waals surface area (Å²) in [7, 11) is 2.03. The van der Waals surface area contributed by atoms with E-state index in [-0.39, 0.29) is 5.92 Å². The van der Waals surface area contributed by atoms with Gasteiger partial charge in [-0.1, -0.05) is 29.5 Å². The highest BCUT2D eigenvalue weighted by atomic mass is 15.4. The maximum absolute atomic E-state index is 10.0. The molecule has 9 heteroatoms. The zero-order chi connectivity index (χ0) is 23.9. The van der Waals surface area contributed by atoms with Crippen LogP contribution in [-0.4, -0.2) is 38.3 Å². The van der Waals surface area contributed by atoms with Gasteiger partial charge < -0.3 is 16.4 Å². The van der Waals surface area contributed by atoms with E-state index in [1.807, 2.05) is 55.7 Å². The van der Waals surface area contributed by atoms with E-state index in [2.05, 4.69) is 37.2 Å². The Bertz CT molecular complexity index is 1460. The van der Waals surface area contributed by atoms with Crippen LogP contribution in [-0.2, 0) is 0 Å². The van der Waals surface area contributed by atoms with Crippen LogP contribution >= 0.6 is 0 Å². The van der Waals surface area contributed by atoms with Crippen LogP contribution in [0.5, 0.6) is 0 Å². The molecule has 1 aliphatic heterocycles. The minimum atomic E-state index is -0.270. The molecule has 1 fully saturated rings. The van der Waals surface area contributed by atoms with Gasteiger partial charge in [0.1, 0.15) is 11.6 Å². The van der Waals surface area contributed by atoms with Crippen molar-refractivity contribution in [3.05, 3.63) is 76.7 Å². The molecule has 0 radical (unpaired) electrons. The third-order valence-electron chi connectivity index (χ3n) is 7.46. The van der Waals surface area contributed by atoms with Gasteiger partial charge in [-0.05, 0) is 56.5 Å². The van der Waals surface area contributed by atoms with E-state index in [4.69, 9.17) is 5.73 Å². The molecule has 2 aromatic carbocycles. The number of nitrogens with zero attached hydrogens (tertiary/aromatic N) is 5. The lowest BCUT2D eigenvalue weighted by Gasteiger charge is -2.35. The lowest BCUT2D eigenvalue weighted by molar-refractivity contribution is 0.330. The smallest absolute Gasteiger partial charge is 0.156 e. The number of fused-ring (bicyclic) bond motifs is 2. The Morgan fingerprint density at radius 2 is 1.91 bits per heavy atom. The van der Waals surface area contributed by atoms with E-state index < -0.39 is 0 Å². The van der Waals surface area contributed by atoms with E-state index >= 15 is 0 Å². The van der Waals surface area contributed by atoms with Crippen LogP contribution in [0.3, 0.4) is 0 Å². The number of hydrogen-bond donors (Lipinski definition) is 4. The topological polar surface area (TPSA) is 133 Å². The highest BCUT2D eigenvalue weighted by molar-refractivity contribution is 5.78. The summed E-state index contributed by atoms with van der Waals surface area (Å²) in [6, 6.07) is 16.4. The van der Waals surface area contributed by atoms with Crippen molar-refractivity contribution in [2.45, 2.75) is 37.6 Å². The van der Waals surface area contributed by atoms with Crippen molar-refractivity contribution in [2.75, 3.05) is 12.4 Å². The number of hydrogen-bond acceptors (Lipinski definition) is 7. The van der Waals surface area contributed by atoms with E-state index in [0.29, 0.717) is 23.2 Å². The Balaban J connectivity index is 1.53. The third-order valence-corrected chi connectivity index (χ3v) is 7.46. The first-order chi connectivity index (χ1) is 17.2. The van der Waals surface area contributed by atoms with Gasteiger partial charge >= 0.3 is 0 Å². The SMILES string of the molecule is CNC1CCC(C2=C(N)C(c3cccc(C#N)c3-n3nnc4ccccc43)c3c[nH]nc3N2)CC1. The highest BCUT2D eigenvalue weighted by Gasteiger charge is 2.36. The second-order valence-corrected chi connectivity index (χ2v) is 9.30. The van der Waals surface area contributed by atoms with E-state index in [1.165, 1.54) is 0 Å². The number of anilines is 1. The minimum Gasteiger partial charge on any atom is -0.400 e. The molecule has 2 aliphatic rings. The summed E-state index contributed by atoms with van der Waals surface area (Å²) in [5, 5.41) is 33.3. The average molecular weight is 466 g/mol. The van der Waals surface area contributed by atoms with Crippen LogP contribution < -0.4 is 16.4 Å². The summed E-state index contributed by atoms with van der Waals surface area (Å²) in [5.74, 6) is 0.849. The van der Waals surface area contributed by atoms with Gasteiger partial charge in [-0.3, -0.25) is 5.10 Å². The molecule has 176 valence electrons. The molecule has 35 heavy (non-hydrogen) atoms. The normalized spacial score (nSPS) is 22.0. The van der Waals surface area contributed by atoms with Crippen LogP contribution in [0.1, 0.15) is 48.3 Å². The number of aromatic amines is 1. The van der Waals surface area contributed by atoms with Crippen LogP contribution in [0.4, 0.5) is 5.82 Å². The molecule has 3 heterocycles. The fourth-order valence-corrected chi connectivity index (χ4v) is 5.64. The van der Waals surface area contributed by atoms with Gasteiger partial charge in [0.05, 0.1) is 22.7 Å². The van der Waals surface area contributed by atoms with Crippen molar-refractivity contribution >= 4 is 16.9 Å². The number of nitrogens with two attached hydrogens (primary N) is 1. The van der Waals surface area contributed by atoms with Crippen molar-refractivity contribution in [2.24, 2.45) is 11.7 Å². The summed E-state index contributed by atoms with van der Waals surface area (Å²) in [5.41, 5.74) is 13.5. The largest absolute Gasteiger partial charge is 0.400 e. The molecule has 6 rings (SSSR count). The molecule has 1 aliphatic carbocycles. The first-order valence-corrected chi connectivity index (χ1v) is 12.0. The Morgan fingerprint density at radius 3 is 2.71 bits per heavy atom. The second-order valence-electron chi connectivity index (χ2n) is 9.30. The maximum Gasteiger partial charge on any atom is 0.156 e. The number of rotatable bonds is 4.